The average molecular weight is 537 g/mol. The van der Waals surface area contributed by atoms with E-state index in [0.717, 1.165) is 75.6 Å². The normalized spacial score (nSPS) is 29.5. The van der Waals surface area contributed by atoms with Gasteiger partial charge < -0.3 is 15.4 Å². The summed E-state index contributed by atoms with van der Waals surface area (Å²) >= 11 is 6.46. The zero-order valence-corrected chi connectivity index (χ0v) is 21.3. The van der Waals surface area contributed by atoms with Gasteiger partial charge in [0.1, 0.15) is 5.02 Å². The summed E-state index contributed by atoms with van der Waals surface area (Å²) < 4.78 is 46.8. The smallest absolute Gasteiger partial charge is 0.382 e. The maximum Gasteiger partial charge on any atom is 0.416 e. The average Bonchev–Trinajstić information content (AvgIpc) is 3.79. The van der Waals surface area contributed by atoms with Crippen LogP contribution >= 0.6 is 11.6 Å². The maximum absolute atomic E-state index is 13.2. The van der Waals surface area contributed by atoms with Crippen LogP contribution in [0.5, 0.6) is 0 Å². The molecular formula is C27H32ClF3N4O2. The zero-order valence-electron chi connectivity index (χ0n) is 20.6. The molecule has 0 bridgehead atoms. The van der Waals surface area contributed by atoms with Crippen LogP contribution in [0, 0.1) is 17.8 Å². The molecule has 2 heterocycles. The number of alkyl halides is 3. The Morgan fingerprint density at radius 3 is 2.59 bits per heavy atom. The second-order valence-corrected chi connectivity index (χ2v) is 11.6. The Morgan fingerprint density at radius 2 is 1.86 bits per heavy atom. The minimum Gasteiger partial charge on any atom is -0.382 e. The van der Waals surface area contributed by atoms with E-state index in [9.17, 15) is 18.0 Å². The Labute approximate surface area is 218 Å². The van der Waals surface area contributed by atoms with Crippen LogP contribution in [0.15, 0.2) is 29.2 Å². The molecule has 1 aromatic heterocycles. The number of nitrogens with one attached hydrogen (secondary N) is 2. The summed E-state index contributed by atoms with van der Waals surface area (Å²) in [6, 6.07) is 4.12. The van der Waals surface area contributed by atoms with Crippen molar-refractivity contribution < 1.29 is 17.9 Å². The number of aromatic nitrogens is 2. The minimum absolute atomic E-state index is 0.0495. The third-order valence-corrected chi connectivity index (χ3v) is 8.91. The maximum atomic E-state index is 13.2. The molecule has 1 saturated heterocycles. The molecule has 0 spiro atoms. The highest BCUT2D eigenvalue weighted by atomic mass is 35.5. The number of anilines is 2. The van der Waals surface area contributed by atoms with Gasteiger partial charge in [0.05, 0.1) is 30.1 Å². The first-order valence-corrected chi connectivity index (χ1v) is 13.7. The van der Waals surface area contributed by atoms with E-state index in [1.54, 1.807) is 12.3 Å². The first-order chi connectivity index (χ1) is 17.8. The molecular weight excluding hydrogens is 505 g/mol. The van der Waals surface area contributed by atoms with Crippen LogP contribution in [0.1, 0.15) is 68.0 Å². The van der Waals surface area contributed by atoms with Gasteiger partial charge >= 0.3 is 6.18 Å². The Morgan fingerprint density at radius 1 is 1.08 bits per heavy atom. The number of hydrogen-bond donors (Lipinski definition) is 2. The van der Waals surface area contributed by atoms with Gasteiger partial charge in [-0.2, -0.15) is 18.3 Å². The van der Waals surface area contributed by atoms with E-state index in [1.807, 2.05) is 0 Å². The fourth-order valence-electron chi connectivity index (χ4n) is 6.10. The predicted molar refractivity (Wildman–Crippen MR) is 136 cm³/mol. The van der Waals surface area contributed by atoms with E-state index in [1.165, 1.54) is 17.2 Å². The molecule has 4 fully saturated rings. The monoisotopic (exact) mass is 536 g/mol. The second-order valence-electron chi connectivity index (χ2n) is 11.2. The Kier molecular flexibility index (Phi) is 6.63. The van der Waals surface area contributed by atoms with E-state index in [4.69, 9.17) is 16.3 Å². The van der Waals surface area contributed by atoms with Crippen molar-refractivity contribution in [2.24, 2.45) is 17.8 Å². The molecule has 6 nitrogen and oxygen atoms in total. The predicted octanol–water partition coefficient (Wildman–Crippen LogP) is 6.08. The fourth-order valence-corrected chi connectivity index (χ4v) is 6.30. The third kappa shape index (κ3) is 5.35. The molecule has 0 amide bonds. The van der Waals surface area contributed by atoms with Gasteiger partial charge in [0.15, 0.2) is 0 Å². The third-order valence-electron chi connectivity index (χ3n) is 8.54. The first-order valence-electron chi connectivity index (χ1n) is 13.3. The highest BCUT2D eigenvalue weighted by Crippen LogP contribution is 2.48. The van der Waals surface area contributed by atoms with Crippen LogP contribution < -0.4 is 16.2 Å². The number of ether oxygens (including phenoxy) is 1. The minimum atomic E-state index is -4.34. The van der Waals surface area contributed by atoms with Crippen LogP contribution in [-0.2, 0) is 10.9 Å². The van der Waals surface area contributed by atoms with Crippen molar-refractivity contribution in [3.8, 4) is 0 Å². The quantitative estimate of drug-likeness (QED) is 0.448. The molecule has 2 aromatic rings. The van der Waals surface area contributed by atoms with Gasteiger partial charge in [0, 0.05) is 30.8 Å². The number of rotatable bonds is 7. The van der Waals surface area contributed by atoms with Crippen LogP contribution in [0.25, 0.3) is 0 Å². The zero-order chi connectivity index (χ0) is 25.7. The molecule has 200 valence electrons. The van der Waals surface area contributed by atoms with Gasteiger partial charge in [0.25, 0.3) is 5.56 Å². The van der Waals surface area contributed by atoms with Gasteiger partial charge in [-0.3, -0.25) is 4.79 Å². The first kappa shape index (κ1) is 25.0. The lowest BCUT2D eigenvalue weighted by atomic mass is 9.90. The SMILES string of the molecule is O=c1c(Cl)c(NC[C@H]2COC[C@@H]3C[C@@H]32)cnn1C1CCC(Nc2ccc(C(F)(F)F)cc2C2CC2)CC1. The number of halogens is 4. The topological polar surface area (TPSA) is 68.2 Å². The van der Waals surface area contributed by atoms with Gasteiger partial charge in [0.2, 0.25) is 0 Å². The molecule has 37 heavy (non-hydrogen) atoms. The second kappa shape index (κ2) is 9.80. The van der Waals surface area contributed by atoms with Crippen molar-refractivity contribution >= 4 is 23.0 Å². The lowest BCUT2D eigenvalue weighted by Crippen LogP contribution is -2.34. The lowest BCUT2D eigenvalue weighted by molar-refractivity contribution is -0.137. The van der Waals surface area contributed by atoms with E-state index in [0.29, 0.717) is 23.4 Å². The largest absolute Gasteiger partial charge is 0.416 e. The lowest BCUT2D eigenvalue weighted by Gasteiger charge is -2.31. The molecule has 10 heteroatoms. The Hall–Kier alpha value is -2.26. The molecule has 2 N–H and O–H groups in total. The number of benzene rings is 1. The van der Waals surface area contributed by atoms with Crippen molar-refractivity contribution in [2.45, 2.75) is 69.1 Å². The fraction of sp³-hybridized carbons (Fsp3) is 0.630. The van der Waals surface area contributed by atoms with E-state index >= 15 is 0 Å². The Bertz CT molecular complexity index is 1210. The molecule has 0 unspecified atom stereocenters. The highest BCUT2D eigenvalue weighted by molar-refractivity contribution is 6.32. The van der Waals surface area contributed by atoms with E-state index in [-0.39, 0.29) is 28.6 Å². The summed E-state index contributed by atoms with van der Waals surface area (Å²) in [5.74, 6) is 2.03. The molecule has 3 aliphatic carbocycles. The van der Waals surface area contributed by atoms with Gasteiger partial charge in [-0.1, -0.05) is 11.6 Å². The van der Waals surface area contributed by atoms with Crippen LogP contribution in [0.3, 0.4) is 0 Å². The number of nitrogens with zero attached hydrogens (tertiary/aromatic N) is 2. The summed E-state index contributed by atoms with van der Waals surface area (Å²) in [5.41, 5.74) is 1.25. The molecule has 0 radical (unpaired) electrons. The number of fused-ring (bicyclic) bond motifs is 1. The van der Waals surface area contributed by atoms with E-state index < -0.39 is 11.7 Å². The van der Waals surface area contributed by atoms with Crippen molar-refractivity contribution in [1.82, 2.24) is 9.78 Å². The summed E-state index contributed by atoms with van der Waals surface area (Å²) in [5, 5.41) is 11.4. The highest BCUT2D eigenvalue weighted by Gasteiger charge is 2.45. The summed E-state index contributed by atoms with van der Waals surface area (Å²) in [6.07, 6.45) is 3.47. The Balaban J connectivity index is 1.07. The molecule has 3 atom stereocenters. The molecule has 1 aromatic carbocycles. The van der Waals surface area contributed by atoms with Gasteiger partial charge in [-0.05, 0) is 86.5 Å². The summed E-state index contributed by atoms with van der Waals surface area (Å²) in [4.78, 5) is 13.0. The van der Waals surface area contributed by atoms with Crippen molar-refractivity contribution in [3.05, 3.63) is 50.9 Å². The summed E-state index contributed by atoms with van der Waals surface area (Å²) in [7, 11) is 0. The van der Waals surface area contributed by atoms with E-state index in [2.05, 4.69) is 15.7 Å². The van der Waals surface area contributed by atoms with Gasteiger partial charge in [-0.25, -0.2) is 4.68 Å². The standard InChI is InChI=1S/C27H32ClF3N4O2/c28-25-24(32-11-17-14-37-13-16-9-21(16)17)12-33-35(26(25)36)20-6-4-19(5-7-20)34-23-8-3-18(27(29,30)31)10-22(23)15-1-2-15/h3,8,10,12,15-17,19-21,32,34H,1-2,4-7,9,11,13-14H2/t16-,17-,19?,20?,21-/m0/s1. The van der Waals surface area contributed by atoms with Crippen molar-refractivity contribution in [2.75, 3.05) is 30.4 Å². The van der Waals surface area contributed by atoms with Crippen LogP contribution in [0.2, 0.25) is 5.02 Å². The van der Waals surface area contributed by atoms with Crippen LogP contribution in [-0.4, -0.2) is 35.6 Å². The molecule has 1 aliphatic heterocycles. The summed E-state index contributed by atoms with van der Waals surface area (Å²) in [6.45, 7) is 2.32. The molecule has 6 rings (SSSR count). The van der Waals surface area contributed by atoms with Crippen molar-refractivity contribution in [1.29, 1.82) is 0 Å². The van der Waals surface area contributed by atoms with Crippen molar-refractivity contribution in [3.63, 3.8) is 0 Å². The van der Waals surface area contributed by atoms with Crippen LogP contribution in [0.4, 0.5) is 24.5 Å². The number of hydrogen-bond acceptors (Lipinski definition) is 5. The van der Waals surface area contributed by atoms with Gasteiger partial charge in [-0.15, -0.1) is 0 Å². The molecule has 4 aliphatic rings. The molecule has 3 saturated carbocycles.